The Kier molecular flexibility index (Phi) is 6.15. The van der Waals surface area contributed by atoms with E-state index in [2.05, 4.69) is 5.32 Å². The van der Waals surface area contributed by atoms with Gasteiger partial charge in [0.25, 0.3) is 0 Å². The van der Waals surface area contributed by atoms with Crippen molar-refractivity contribution >= 4 is 11.9 Å². The number of nitrogens with one attached hydrogen (secondary N) is 1. The number of carbonyl (C=O) groups is 2. The van der Waals surface area contributed by atoms with Crippen LogP contribution >= 0.6 is 0 Å². The van der Waals surface area contributed by atoms with E-state index in [0.29, 0.717) is 13.0 Å². The Hall–Kier alpha value is -1.61. The van der Waals surface area contributed by atoms with Gasteiger partial charge < -0.3 is 10.1 Å². The van der Waals surface area contributed by atoms with Crippen LogP contribution in [0.4, 0.5) is 0 Å². The molecule has 1 saturated heterocycles. The smallest absolute Gasteiger partial charge is 0.323 e. The topological polar surface area (TPSA) is 82.4 Å². The largest absolute Gasteiger partial charge is 0.468 e. The molecule has 0 aromatic rings. The van der Waals surface area contributed by atoms with Gasteiger partial charge in [-0.1, -0.05) is 6.42 Å². The lowest BCUT2D eigenvalue weighted by Crippen LogP contribution is -2.49. The molecule has 0 radical (unpaired) electrons. The molecule has 0 aromatic carbocycles. The number of carbonyl (C=O) groups excluding carboxylic acids is 2. The number of ether oxygens (including phenoxy) is 1. The van der Waals surface area contributed by atoms with Crippen LogP contribution in [0.1, 0.15) is 25.7 Å². The van der Waals surface area contributed by atoms with Gasteiger partial charge in [0.05, 0.1) is 26.1 Å². The second-order valence-electron chi connectivity index (χ2n) is 4.26. The third kappa shape index (κ3) is 4.34. The Labute approximate surface area is 107 Å². The molecule has 1 amide bonds. The maximum atomic E-state index is 11.6. The lowest BCUT2D eigenvalue weighted by atomic mass is 10.0. The Balaban J connectivity index is 2.44. The van der Waals surface area contributed by atoms with Gasteiger partial charge in [-0.15, -0.1) is 0 Å². The van der Waals surface area contributed by atoms with E-state index < -0.39 is 0 Å². The minimum Gasteiger partial charge on any atom is -0.468 e. The van der Waals surface area contributed by atoms with Gasteiger partial charge >= 0.3 is 5.97 Å². The third-order valence-corrected chi connectivity index (χ3v) is 2.99. The quantitative estimate of drug-likeness (QED) is 0.552. The predicted molar refractivity (Wildman–Crippen MR) is 64.5 cm³/mol. The lowest BCUT2D eigenvalue weighted by molar-refractivity contribution is -0.148. The monoisotopic (exact) mass is 253 g/mol. The zero-order valence-electron chi connectivity index (χ0n) is 10.6. The molecular weight excluding hydrogens is 234 g/mol. The fourth-order valence-corrected chi connectivity index (χ4v) is 2.08. The van der Waals surface area contributed by atoms with Gasteiger partial charge in [0, 0.05) is 6.54 Å². The predicted octanol–water partition coefficient (Wildman–Crippen LogP) is 0.0438. The van der Waals surface area contributed by atoms with Crippen molar-refractivity contribution in [3.63, 3.8) is 0 Å². The van der Waals surface area contributed by atoms with E-state index in [1.165, 1.54) is 7.11 Å². The van der Waals surface area contributed by atoms with Crippen molar-refractivity contribution in [2.24, 2.45) is 0 Å². The fraction of sp³-hybridized carbons (Fsp3) is 0.750. The summed E-state index contributed by atoms with van der Waals surface area (Å²) in [6.07, 6.45) is 3.00. The highest BCUT2D eigenvalue weighted by molar-refractivity contribution is 5.80. The molecular formula is C12H19N3O3. The van der Waals surface area contributed by atoms with Gasteiger partial charge in [-0.3, -0.25) is 14.5 Å². The Morgan fingerprint density at radius 3 is 2.94 bits per heavy atom. The number of nitrogens with zero attached hydrogens (tertiary/aromatic N) is 2. The molecule has 1 rings (SSSR count). The van der Waals surface area contributed by atoms with Crippen LogP contribution in [0.2, 0.25) is 0 Å². The molecule has 100 valence electrons. The Bertz CT molecular complexity index is 338. The minimum absolute atomic E-state index is 0.152. The van der Waals surface area contributed by atoms with Crippen molar-refractivity contribution in [3.8, 4) is 6.07 Å². The van der Waals surface area contributed by atoms with Gasteiger partial charge in [0.2, 0.25) is 5.91 Å². The molecule has 0 bridgehead atoms. The molecule has 0 aliphatic carbocycles. The number of hydrogen-bond donors (Lipinski definition) is 1. The lowest BCUT2D eigenvalue weighted by Gasteiger charge is -2.32. The maximum Gasteiger partial charge on any atom is 0.323 e. The number of amides is 1. The molecule has 6 nitrogen and oxygen atoms in total. The summed E-state index contributed by atoms with van der Waals surface area (Å²) in [5.74, 6) is -0.430. The molecule has 0 spiro atoms. The Morgan fingerprint density at radius 1 is 1.50 bits per heavy atom. The molecule has 1 aliphatic heterocycles. The number of nitriles is 1. The van der Waals surface area contributed by atoms with Crippen LogP contribution in [0.3, 0.4) is 0 Å². The van der Waals surface area contributed by atoms with Crippen molar-refractivity contribution in [2.45, 2.75) is 31.7 Å². The summed E-state index contributed by atoms with van der Waals surface area (Å²) in [6, 6.07) is 1.65. The van der Waals surface area contributed by atoms with Crippen molar-refractivity contribution in [1.29, 1.82) is 5.26 Å². The summed E-state index contributed by atoms with van der Waals surface area (Å²) in [4.78, 5) is 25.1. The zero-order valence-corrected chi connectivity index (χ0v) is 10.6. The van der Waals surface area contributed by atoms with Crippen LogP contribution in [-0.4, -0.2) is 49.6 Å². The molecule has 1 heterocycles. The molecule has 1 aliphatic rings. The average Bonchev–Trinajstić information content (AvgIpc) is 2.39. The standard InChI is InChI=1S/C12H19N3O3/c1-18-12(17)10-5-2-3-8-15(10)9-11(16)14-7-4-6-13/h10H,2-5,7-9H2,1H3,(H,14,16). The molecule has 6 heteroatoms. The highest BCUT2D eigenvalue weighted by atomic mass is 16.5. The summed E-state index contributed by atoms with van der Waals surface area (Å²) in [7, 11) is 1.36. The number of piperidine rings is 1. The molecule has 0 aromatic heterocycles. The van der Waals surface area contributed by atoms with E-state index in [0.717, 1.165) is 25.8 Å². The van der Waals surface area contributed by atoms with Crippen LogP contribution in [-0.2, 0) is 14.3 Å². The van der Waals surface area contributed by atoms with Crippen LogP contribution in [0.5, 0.6) is 0 Å². The van der Waals surface area contributed by atoms with Gasteiger partial charge in [-0.05, 0) is 19.4 Å². The first-order valence-electron chi connectivity index (χ1n) is 6.14. The summed E-state index contributed by atoms with van der Waals surface area (Å²) in [5, 5.41) is 11.0. The van der Waals surface area contributed by atoms with Crippen molar-refractivity contribution in [2.75, 3.05) is 26.7 Å². The second kappa shape index (κ2) is 7.67. The van der Waals surface area contributed by atoms with Gasteiger partial charge in [-0.25, -0.2) is 0 Å². The van der Waals surface area contributed by atoms with E-state index >= 15 is 0 Å². The summed E-state index contributed by atoms with van der Waals surface area (Å²) >= 11 is 0. The number of likely N-dealkylation sites (tertiary alicyclic amines) is 1. The molecule has 1 atom stereocenters. The van der Waals surface area contributed by atoms with E-state index in [-0.39, 0.29) is 24.5 Å². The van der Waals surface area contributed by atoms with Crippen molar-refractivity contribution in [3.05, 3.63) is 0 Å². The zero-order chi connectivity index (χ0) is 13.4. The maximum absolute atomic E-state index is 11.6. The molecule has 1 N–H and O–H groups in total. The first-order valence-corrected chi connectivity index (χ1v) is 6.14. The van der Waals surface area contributed by atoms with Crippen molar-refractivity contribution in [1.82, 2.24) is 10.2 Å². The molecule has 0 saturated carbocycles. The highest BCUT2D eigenvalue weighted by Gasteiger charge is 2.30. The Morgan fingerprint density at radius 2 is 2.28 bits per heavy atom. The number of rotatable bonds is 5. The van der Waals surface area contributed by atoms with Gasteiger partial charge in [-0.2, -0.15) is 5.26 Å². The van der Waals surface area contributed by atoms with Crippen molar-refractivity contribution < 1.29 is 14.3 Å². The molecule has 18 heavy (non-hydrogen) atoms. The fourth-order valence-electron chi connectivity index (χ4n) is 2.08. The average molecular weight is 253 g/mol. The third-order valence-electron chi connectivity index (χ3n) is 2.99. The van der Waals surface area contributed by atoms with E-state index in [4.69, 9.17) is 10.00 Å². The van der Waals surface area contributed by atoms with Gasteiger partial charge in [0.1, 0.15) is 6.04 Å². The number of esters is 1. The number of methoxy groups -OCH3 is 1. The highest BCUT2D eigenvalue weighted by Crippen LogP contribution is 2.17. The van der Waals surface area contributed by atoms with E-state index in [9.17, 15) is 9.59 Å². The summed E-state index contributed by atoms with van der Waals surface area (Å²) in [5.41, 5.74) is 0. The van der Waals surface area contributed by atoms with E-state index in [1.54, 1.807) is 0 Å². The molecule has 1 unspecified atom stereocenters. The van der Waals surface area contributed by atoms with Crippen LogP contribution in [0.15, 0.2) is 0 Å². The summed E-state index contributed by atoms with van der Waals surface area (Å²) < 4.78 is 4.74. The van der Waals surface area contributed by atoms with E-state index in [1.807, 2.05) is 11.0 Å². The second-order valence-corrected chi connectivity index (χ2v) is 4.26. The van der Waals surface area contributed by atoms with Crippen LogP contribution in [0, 0.1) is 11.3 Å². The first kappa shape index (κ1) is 14.5. The SMILES string of the molecule is COC(=O)C1CCCCN1CC(=O)NCCC#N. The normalized spacial score (nSPS) is 19.9. The summed E-state index contributed by atoms with van der Waals surface area (Å²) in [6.45, 7) is 1.27. The first-order chi connectivity index (χ1) is 8.69. The van der Waals surface area contributed by atoms with Gasteiger partial charge in [0.15, 0.2) is 0 Å². The number of hydrogen-bond acceptors (Lipinski definition) is 5. The molecule has 1 fully saturated rings. The minimum atomic E-state index is -0.314. The van der Waals surface area contributed by atoms with Crippen LogP contribution in [0.25, 0.3) is 0 Å². The van der Waals surface area contributed by atoms with Crippen LogP contribution < -0.4 is 5.32 Å².